The molecule has 0 radical (unpaired) electrons. The number of carboxylic acids is 1. The predicted molar refractivity (Wildman–Crippen MR) is 77.9 cm³/mol. The van der Waals surface area contributed by atoms with Crippen molar-refractivity contribution in [3.63, 3.8) is 0 Å². The number of aryl methyl sites for hydroxylation is 1. The number of thioether (sulfide) groups is 1. The van der Waals surface area contributed by atoms with Crippen molar-refractivity contribution in [2.24, 2.45) is 0 Å². The van der Waals surface area contributed by atoms with Crippen molar-refractivity contribution >= 4 is 23.5 Å². The van der Waals surface area contributed by atoms with Crippen LogP contribution in [0.1, 0.15) is 22.3 Å². The zero-order valence-corrected chi connectivity index (χ0v) is 12.0. The van der Waals surface area contributed by atoms with Gasteiger partial charge in [-0.1, -0.05) is 29.8 Å². The number of aliphatic carboxylic acids is 1. The summed E-state index contributed by atoms with van der Waals surface area (Å²) in [5.74, 6) is -0.246. The Balaban J connectivity index is 2.51. The number of benzene rings is 1. The molecular formula is C14H19NO3S. The summed E-state index contributed by atoms with van der Waals surface area (Å²) < 4.78 is 0. The van der Waals surface area contributed by atoms with Crippen LogP contribution in [0.5, 0.6) is 0 Å². The predicted octanol–water partition coefficient (Wildman–Crippen LogP) is 1.97. The first-order valence-electron chi connectivity index (χ1n) is 6.09. The van der Waals surface area contributed by atoms with Crippen LogP contribution in [-0.4, -0.2) is 41.5 Å². The lowest BCUT2D eigenvalue weighted by atomic mass is 10.1. The Morgan fingerprint density at radius 3 is 2.47 bits per heavy atom. The summed E-state index contributed by atoms with van der Waals surface area (Å²) in [6, 6.07) is 6.60. The summed E-state index contributed by atoms with van der Waals surface area (Å²) in [5, 5.41) is 11.8. The van der Waals surface area contributed by atoms with Gasteiger partial charge in [-0.2, -0.15) is 11.8 Å². The first-order valence-corrected chi connectivity index (χ1v) is 7.49. The maximum absolute atomic E-state index is 11.9. The average molecular weight is 281 g/mol. The molecule has 1 aromatic rings. The summed E-state index contributed by atoms with van der Waals surface area (Å²) in [4.78, 5) is 22.9. The Kier molecular flexibility index (Phi) is 6.59. The monoisotopic (exact) mass is 281 g/mol. The molecule has 1 aromatic carbocycles. The van der Waals surface area contributed by atoms with Crippen LogP contribution >= 0.6 is 11.8 Å². The second-order valence-electron chi connectivity index (χ2n) is 4.34. The highest BCUT2D eigenvalue weighted by molar-refractivity contribution is 7.98. The second-order valence-corrected chi connectivity index (χ2v) is 5.33. The van der Waals surface area contributed by atoms with Gasteiger partial charge in [-0.15, -0.1) is 0 Å². The maximum Gasteiger partial charge on any atom is 0.320 e. The summed E-state index contributed by atoms with van der Waals surface area (Å²) in [7, 11) is 0. The van der Waals surface area contributed by atoms with Crippen LogP contribution in [-0.2, 0) is 4.79 Å². The molecule has 1 atom stereocenters. The van der Waals surface area contributed by atoms with Crippen LogP contribution in [0.4, 0.5) is 0 Å². The van der Waals surface area contributed by atoms with E-state index >= 15 is 0 Å². The average Bonchev–Trinajstić information content (AvgIpc) is 2.39. The minimum atomic E-state index is -0.911. The van der Waals surface area contributed by atoms with Crippen molar-refractivity contribution in [2.75, 3.05) is 18.6 Å². The molecule has 0 aliphatic heterocycles. The molecule has 4 nitrogen and oxygen atoms in total. The number of carbonyl (C=O) groups excluding carboxylic acids is 1. The van der Waals surface area contributed by atoms with Crippen molar-refractivity contribution in [3.05, 3.63) is 35.4 Å². The molecule has 0 saturated carbocycles. The highest BCUT2D eigenvalue weighted by Crippen LogP contribution is 2.05. The highest BCUT2D eigenvalue weighted by atomic mass is 32.2. The van der Waals surface area contributed by atoms with E-state index in [9.17, 15) is 9.59 Å². The summed E-state index contributed by atoms with van der Waals surface area (Å²) >= 11 is 1.59. The lowest BCUT2D eigenvalue weighted by molar-refractivity contribution is -0.139. The molecule has 0 fully saturated rings. The fourth-order valence-corrected chi connectivity index (χ4v) is 2.08. The van der Waals surface area contributed by atoms with Gasteiger partial charge in [0.05, 0.1) is 6.54 Å². The van der Waals surface area contributed by atoms with Gasteiger partial charge in [0.25, 0.3) is 0 Å². The summed E-state index contributed by atoms with van der Waals surface area (Å²) in [6.45, 7) is 2.00. The lowest BCUT2D eigenvalue weighted by Crippen LogP contribution is -2.40. The molecule has 0 saturated heterocycles. The normalized spacial score (nSPS) is 12.1. The van der Waals surface area contributed by atoms with Crippen LogP contribution < -0.4 is 5.32 Å². The van der Waals surface area contributed by atoms with E-state index in [0.717, 1.165) is 11.3 Å². The van der Waals surface area contributed by atoms with Gasteiger partial charge in [-0.05, 0) is 25.4 Å². The Hall–Kier alpha value is -1.33. The standard InChI is InChI=1S/C14H19NO3S/c1-10-3-5-11(6-4-10)13(16)9-15-12(14(17)18)7-8-19-2/h3-6,12,15H,7-9H2,1-2H3,(H,17,18)/t12-/m0/s1. The Labute approximate surface area is 117 Å². The molecule has 1 rings (SSSR count). The maximum atomic E-state index is 11.9. The molecule has 2 N–H and O–H groups in total. The number of ketones is 1. The minimum Gasteiger partial charge on any atom is -0.480 e. The van der Waals surface area contributed by atoms with E-state index in [1.165, 1.54) is 0 Å². The van der Waals surface area contributed by atoms with E-state index in [0.29, 0.717) is 12.0 Å². The van der Waals surface area contributed by atoms with E-state index in [1.807, 2.05) is 25.3 Å². The molecule has 0 bridgehead atoms. The molecule has 104 valence electrons. The Bertz CT molecular complexity index is 431. The summed E-state index contributed by atoms with van der Waals surface area (Å²) in [5.41, 5.74) is 1.69. The number of Topliss-reactive ketones (excluding diaryl/α,β-unsaturated/α-hetero) is 1. The van der Waals surface area contributed by atoms with Gasteiger partial charge in [0.2, 0.25) is 0 Å². The fourth-order valence-electron chi connectivity index (χ4n) is 1.61. The van der Waals surface area contributed by atoms with Crippen molar-refractivity contribution in [1.29, 1.82) is 0 Å². The molecular weight excluding hydrogens is 262 g/mol. The molecule has 0 spiro atoms. The molecule has 5 heteroatoms. The first-order chi connectivity index (χ1) is 9.04. The smallest absolute Gasteiger partial charge is 0.320 e. The van der Waals surface area contributed by atoms with E-state index in [4.69, 9.17) is 5.11 Å². The van der Waals surface area contributed by atoms with Gasteiger partial charge in [0.1, 0.15) is 6.04 Å². The number of hydrogen-bond acceptors (Lipinski definition) is 4. The van der Waals surface area contributed by atoms with Crippen molar-refractivity contribution in [2.45, 2.75) is 19.4 Å². The number of hydrogen-bond donors (Lipinski definition) is 2. The Morgan fingerprint density at radius 1 is 1.32 bits per heavy atom. The number of carbonyl (C=O) groups is 2. The lowest BCUT2D eigenvalue weighted by Gasteiger charge is -2.13. The summed E-state index contributed by atoms with van der Waals surface area (Å²) in [6.07, 6.45) is 2.44. The third kappa shape index (κ3) is 5.44. The fraction of sp³-hybridized carbons (Fsp3) is 0.429. The molecule has 0 amide bonds. The van der Waals surface area contributed by atoms with Crippen LogP contribution in [0.25, 0.3) is 0 Å². The molecule has 0 heterocycles. The van der Waals surface area contributed by atoms with Gasteiger partial charge < -0.3 is 5.11 Å². The van der Waals surface area contributed by atoms with E-state index in [2.05, 4.69) is 5.32 Å². The largest absolute Gasteiger partial charge is 0.480 e. The zero-order chi connectivity index (χ0) is 14.3. The second kappa shape index (κ2) is 7.96. The number of rotatable bonds is 8. The van der Waals surface area contributed by atoms with Crippen LogP contribution in [0.2, 0.25) is 0 Å². The molecule has 19 heavy (non-hydrogen) atoms. The zero-order valence-electron chi connectivity index (χ0n) is 11.2. The molecule has 0 unspecified atom stereocenters. The van der Waals surface area contributed by atoms with Crippen molar-refractivity contribution < 1.29 is 14.7 Å². The van der Waals surface area contributed by atoms with Crippen LogP contribution in [0.15, 0.2) is 24.3 Å². The van der Waals surface area contributed by atoms with Gasteiger partial charge in [-0.25, -0.2) is 0 Å². The van der Waals surface area contributed by atoms with Crippen LogP contribution in [0.3, 0.4) is 0 Å². The number of carboxylic acid groups (broad SMARTS) is 1. The highest BCUT2D eigenvalue weighted by Gasteiger charge is 2.17. The third-order valence-corrected chi connectivity index (χ3v) is 3.44. The SMILES string of the molecule is CSCC[C@H](NCC(=O)c1ccc(C)cc1)C(=O)O. The first kappa shape index (κ1) is 15.7. The van der Waals surface area contributed by atoms with Gasteiger partial charge in [0, 0.05) is 5.56 Å². The van der Waals surface area contributed by atoms with E-state index < -0.39 is 12.0 Å². The van der Waals surface area contributed by atoms with Crippen LogP contribution in [0, 0.1) is 6.92 Å². The van der Waals surface area contributed by atoms with E-state index in [-0.39, 0.29) is 12.3 Å². The minimum absolute atomic E-state index is 0.0500. The van der Waals surface area contributed by atoms with Crippen molar-refractivity contribution in [1.82, 2.24) is 5.32 Å². The number of nitrogens with one attached hydrogen (secondary N) is 1. The molecule has 0 aliphatic carbocycles. The van der Waals surface area contributed by atoms with Crippen molar-refractivity contribution in [3.8, 4) is 0 Å². The molecule has 0 aliphatic rings. The van der Waals surface area contributed by atoms with Gasteiger partial charge in [-0.3, -0.25) is 14.9 Å². The van der Waals surface area contributed by atoms with E-state index in [1.54, 1.807) is 23.9 Å². The molecule has 0 aromatic heterocycles. The topological polar surface area (TPSA) is 66.4 Å². The van der Waals surface area contributed by atoms with Gasteiger partial charge in [0.15, 0.2) is 5.78 Å². The Morgan fingerprint density at radius 2 is 1.95 bits per heavy atom. The van der Waals surface area contributed by atoms with Gasteiger partial charge >= 0.3 is 5.97 Å². The third-order valence-electron chi connectivity index (χ3n) is 2.79. The quantitative estimate of drug-likeness (QED) is 0.713.